The van der Waals surface area contributed by atoms with E-state index in [-0.39, 0.29) is 0 Å². The summed E-state index contributed by atoms with van der Waals surface area (Å²) in [6, 6.07) is 7.86. The molecule has 0 bridgehead atoms. The predicted octanol–water partition coefficient (Wildman–Crippen LogP) is 4.23. The van der Waals surface area contributed by atoms with Crippen molar-refractivity contribution in [2.45, 2.75) is 32.6 Å². The van der Waals surface area contributed by atoms with Crippen LogP contribution in [0.1, 0.15) is 38.2 Å². The molecular formula is C15H19ClN2. The molecule has 1 aromatic rings. The van der Waals surface area contributed by atoms with Crippen LogP contribution in [0.25, 0.3) is 0 Å². The van der Waals surface area contributed by atoms with E-state index in [2.05, 4.69) is 17.9 Å². The molecule has 2 nitrogen and oxygen atoms in total. The Kier molecular flexibility index (Phi) is 4.49. The average molecular weight is 263 g/mol. The van der Waals surface area contributed by atoms with Gasteiger partial charge in [-0.2, -0.15) is 5.26 Å². The molecule has 0 aliphatic carbocycles. The number of hydrogen-bond donors (Lipinski definition) is 0. The first-order valence-corrected chi connectivity index (χ1v) is 7.07. The van der Waals surface area contributed by atoms with Gasteiger partial charge in [0, 0.05) is 18.8 Å². The van der Waals surface area contributed by atoms with Crippen LogP contribution in [0.4, 0.5) is 5.69 Å². The third-order valence-electron chi connectivity index (χ3n) is 3.86. The van der Waals surface area contributed by atoms with Gasteiger partial charge in [-0.1, -0.05) is 24.9 Å². The highest BCUT2D eigenvalue weighted by Gasteiger charge is 2.16. The highest BCUT2D eigenvalue weighted by Crippen LogP contribution is 2.27. The molecule has 3 heteroatoms. The minimum absolute atomic E-state index is 0.557. The van der Waals surface area contributed by atoms with Gasteiger partial charge >= 0.3 is 0 Å². The molecule has 2 rings (SSSR count). The number of benzene rings is 1. The van der Waals surface area contributed by atoms with Crippen molar-refractivity contribution in [3.05, 3.63) is 28.8 Å². The normalized spacial score (nSPS) is 20.3. The fourth-order valence-electron chi connectivity index (χ4n) is 2.62. The van der Waals surface area contributed by atoms with Crippen molar-refractivity contribution in [1.82, 2.24) is 0 Å². The second-order valence-electron chi connectivity index (χ2n) is 4.97. The fraction of sp³-hybridized carbons (Fsp3) is 0.533. The van der Waals surface area contributed by atoms with Gasteiger partial charge < -0.3 is 4.90 Å². The zero-order valence-corrected chi connectivity index (χ0v) is 11.6. The van der Waals surface area contributed by atoms with Crippen LogP contribution >= 0.6 is 11.6 Å². The maximum absolute atomic E-state index is 8.88. The van der Waals surface area contributed by atoms with Crippen molar-refractivity contribution in [2.75, 3.05) is 18.0 Å². The quantitative estimate of drug-likeness (QED) is 0.798. The van der Waals surface area contributed by atoms with E-state index in [9.17, 15) is 0 Å². The fourth-order valence-corrected chi connectivity index (χ4v) is 2.84. The van der Waals surface area contributed by atoms with Gasteiger partial charge in [-0.15, -0.1) is 0 Å². The SMILES string of the molecule is CCC1CCCN(c2ccc(C#N)c(Cl)c2)CC1. The second-order valence-corrected chi connectivity index (χ2v) is 5.38. The van der Waals surface area contributed by atoms with Gasteiger partial charge in [0.05, 0.1) is 10.6 Å². The Morgan fingerprint density at radius 3 is 2.89 bits per heavy atom. The zero-order chi connectivity index (χ0) is 13.0. The molecule has 1 fully saturated rings. The first-order valence-electron chi connectivity index (χ1n) is 6.69. The van der Waals surface area contributed by atoms with Gasteiger partial charge in [-0.25, -0.2) is 0 Å². The Morgan fingerprint density at radius 1 is 1.39 bits per heavy atom. The van der Waals surface area contributed by atoms with Crippen LogP contribution in [0.5, 0.6) is 0 Å². The van der Waals surface area contributed by atoms with Crippen molar-refractivity contribution in [2.24, 2.45) is 5.92 Å². The molecule has 0 radical (unpaired) electrons. The van der Waals surface area contributed by atoms with Gasteiger partial charge in [0.25, 0.3) is 0 Å². The largest absolute Gasteiger partial charge is 0.371 e. The summed E-state index contributed by atoms with van der Waals surface area (Å²) in [6.45, 7) is 4.47. The summed E-state index contributed by atoms with van der Waals surface area (Å²) in [7, 11) is 0. The molecule has 1 aliphatic rings. The Morgan fingerprint density at radius 2 is 2.22 bits per heavy atom. The topological polar surface area (TPSA) is 27.0 Å². The van der Waals surface area contributed by atoms with Crippen LogP contribution in [0.15, 0.2) is 18.2 Å². The summed E-state index contributed by atoms with van der Waals surface area (Å²) in [5, 5.41) is 9.44. The molecule has 0 saturated carbocycles. The molecule has 1 aromatic carbocycles. The standard InChI is InChI=1S/C15H19ClN2/c1-2-12-4-3-8-18(9-7-12)14-6-5-13(11-17)15(16)10-14/h5-6,10,12H,2-4,7-9H2,1H3. The van der Waals surface area contributed by atoms with E-state index in [4.69, 9.17) is 16.9 Å². The highest BCUT2D eigenvalue weighted by atomic mass is 35.5. The van der Waals surface area contributed by atoms with Crippen LogP contribution in [0.3, 0.4) is 0 Å². The van der Waals surface area contributed by atoms with Crippen LogP contribution in [-0.2, 0) is 0 Å². The van der Waals surface area contributed by atoms with E-state index in [1.165, 1.54) is 25.7 Å². The Labute approximate surface area is 114 Å². The lowest BCUT2D eigenvalue weighted by Gasteiger charge is -2.23. The molecule has 0 N–H and O–H groups in total. The molecule has 1 aliphatic heterocycles. The molecule has 1 saturated heterocycles. The maximum Gasteiger partial charge on any atom is 0.101 e. The van der Waals surface area contributed by atoms with Crippen molar-refractivity contribution < 1.29 is 0 Å². The lowest BCUT2D eigenvalue weighted by Crippen LogP contribution is -2.24. The number of anilines is 1. The number of hydrogen-bond acceptors (Lipinski definition) is 2. The molecular weight excluding hydrogens is 244 g/mol. The number of halogens is 1. The summed E-state index contributed by atoms with van der Waals surface area (Å²) in [6.07, 6.45) is 5.11. The smallest absolute Gasteiger partial charge is 0.101 e. The summed E-state index contributed by atoms with van der Waals surface area (Å²) in [5.74, 6) is 0.865. The third-order valence-corrected chi connectivity index (χ3v) is 4.18. The Bertz CT molecular complexity index is 450. The molecule has 1 atom stereocenters. The average Bonchev–Trinajstić information content (AvgIpc) is 2.63. The number of nitrogens with zero attached hydrogens (tertiary/aromatic N) is 2. The van der Waals surface area contributed by atoms with Crippen LogP contribution in [0.2, 0.25) is 5.02 Å². The summed E-state index contributed by atoms with van der Waals surface area (Å²) in [4.78, 5) is 2.39. The maximum atomic E-state index is 8.88. The van der Waals surface area contributed by atoms with Gasteiger partial charge in [0.15, 0.2) is 0 Å². The lowest BCUT2D eigenvalue weighted by molar-refractivity contribution is 0.459. The minimum atomic E-state index is 0.557. The van der Waals surface area contributed by atoms with Crippen molar-refractivity contribution in [3.63, 3.8) is 0 Å². The molecule has 18 heavy (non-hydrogen) atoms. The number of rotatable bonds is 2. The van der Waals surface area contributed by atoms with E-state index >= 15 is 0 Å². The molecule has 1 heterocycles. The first-order chi connectivity index (χ1) is 8.74. The van der Waals surface area contributed by atoms with E-state index in [1.807, 2.05) is 18.2 Å². The summed E-state index contributed by atoms with van der Waals surface area (Å²) < 4.78 is 0. The van der Waals surface area contributed by atoms with E-state index in [0.717, 1.165) is 24.7 Å². The lowest BCUT2D eigenvalue weighted by atomic mass is 9.98. The van der Waals surface area contributed by atoms with Crippen LogP contribution in [0, 0.1) is 17.2 Å². The van der Waals surface area contributed by atoms with Gasteiger partial charge in [-0.05, 0) is 43.4 Å². The Balaban J connectivity index is 2.12. The molecule has 0 amide bonds. The molecule has 96 valence electrons. The summed E-state index contributed by atoms with van der Waals surface area (Å²) in [5.41, 5.74) is 1.71. The van der Waals surface area contributed by atoms with E-state index < -0.39 is 0 Å². The zero-order valence-electron chi connectivity index (χ0n) is 10.8. The van der Waals surface area contributed by atoms with Crippen LogP contribution in [-0.4, -0.2) is 13.1 Å². The van der Waals surface area contributed by atoms with Gasteiger partial charge in [-0.3, -0.25) is 0 Å². The molecule has 0 aromatic heterocycles. The molecule has 0 spiro atoms. The highest BCUT2D eigenvalue weighted by molar-refractivity contribution is 6.32. The van der Waals surface area contributed by atoms with Gasteiger partial charge in [0.2, 0.25) is 0 Å². The predicted molar refractivity (Wildman–Crippen MR) is 76.0 cm³/mol. The molecule has 1 unspecified atom stereocenters. The monoisotopic (exact) mass is 262 g/mol. The first kappa shape index (κ1) is 13.2. The summed E-state index contributed by atoms with van der Waals surface area (Å²) >= 11 is 6.10. The minimum Gasteiger partial charge on any atom is -0.371 e. The van der Waals surface area contributed by atoms with Crippen LogP contribution < -0.4 is 4.90 Å². The van der Waals surface area contributed by atoms with Gasteiger partial charge in [0.1, 0.15) is 6.07 Å². The van der Waals surface area contributed by atoms with Crippen molar-refractivity contribution in [1.29, 1.82) is 5.26 Å². The third kappa shape index (κ3) is 2.97. The Hall–Kier alpha value is -1.20. The van der Waals surface area contributed by atoms with Crippen molar-refractivity contribution >= 4 is 17.3 Å². The van der Waals surface area contributed by atoms with Crippen molar-refractivity contribution in [3.8, 4) is 6.07 Å². The van der Waals surface area contributed by atoms with E-state index in [0.29, 0.717) is 10.6 Å². The number of nitriles is 1. The van der Waals surface area contributed by atoms with E-state index in [1.54, 1.807) is 0 Å². The second kappa shape index (κ2) is 6.11.